The van der Waals surface area contributed by atoms with Gasteiger partial charge in [0.1, 0.15) is 12.2 Å². The highest BCUT2D eigenvalue weighted by molar-refractivity contribution is 6.39. The third kappa shape index (κ3) is 5.38. The Morgan fingerprint density at radius 3 is 2.55 bits per heavy atom. The summed E-state index contributed by atoms with van der Waals surface area (Å²) in [5.74, 6) is 0.804. The molecule has 7 nitrogen and oxygen atoms in total. The number of fused-ring (bicyclic) bond motifs is 1. The van der Waals surface area contributed by atoms with E-state index in [1.54, 1.807) is 36.1 Å². The molecule has 38 heavy (non-hydrogen) atoms. The lowest BCUT2D eigenvalue weighted by Gasteiger charge is -2.27. The van der Waals surface area contributed by atoms with Crippen molar-refractivity contribution in [2.45, 2.75) is 38.6 Å². The SMILES string of the molecule is [B]C([B])(CCc1ccccc1)c1nc2cc(C)ccc2n1CNC(=O)c1ccc(-n2cnc(C)n2)cc1Cl. The van der Waals surface area contributed by atoms with E-state index in [0.717, 1.165) is 22.2 Å². The number of rotatable bonds is 8. The Balaban J connectivity index is 1.39. The second kappa shape index (κ2) is 10.5. The molecule has 0 saturated heterocycles. The minimum atomic E-state index is -1.22. The number of amides is 1. The number of nitrogens with zero attached hydrogens (tertiary/aromatic N) is 5. The van der Waals surface area contributed by atoms with Gasteiger partial charge in [0.05, 0.1) is 55.5 Å². The summed E-state index contributed by atoms with van der Waals surface area (Å²) in [6.07, 6.45) is 2.76. The molecule has 0 unspecified atom stereocenters. The van der Waals surface area contributed by atoms with Crippen LogP contribution in [0.3, 0.4) is 0 Å². The number of nitrogens with one attached hydrogen (secondary N) is 1. The molecule has 0 aliphatic carbocycles. The lowest BCUT2D eigenvalue weighted by molar-refractivity contribution is 0.0942. The van der Waals surface area contributed by atoms with Crippen molar-refractivity contribution in [3.8, 4) is 5.69 Å². The molecule has 0 aliphatic rings. The molecule has 0 spiro atoms. The number of aryl methyl sites for hydroxylation is 3. The monoisotopic (exact) mass is 518 g/mol. The molecule has 0 saturated carbocycles. The summed E-state index contributed by atoms with van der Waals surface area (Å²) in [5.41, 5.74) is 4.84. The third-order valence-corrected chi connectivity index (χ3v) is 6.77. The molecule has 3 aromatic carbocycles. The highest BCUT2D eigenvalue weighted by atomic mass is 35.5. The second-order valence-corrected chi connectivity index (χ2v) is 9.85. The summed E-state index contributed by atoms with van der Waals surface area (Å²) in [7, 11) is 13.3. The van der Waals surface area contributed by atoms with Gasteiger partial charge in [0.25, 0.3) is 5.91 Å². The Bertz CT molecular complexity index is 1610. The second-order valence-electron chi connectivity index (χ2n) is 9.45. The molecule has 0 bridgehead atoms. The van der Waals surface area contributed by atoms with Gasteiger partial charge in [0.2, 0.25) is 0 Å². The summed E-state index contributed by atoms with van der Waals surface area (Å²) in [6, 6.07) is 21.1. The molecule has 5 aromatic rings. The molecule has 2 heterocycles. The van der Waals surface area contributed by atoms with E-state index in [1.165, 1.54) is 0 Å². The zero-order valence-corrected chi connectivity index (χ0v) is 22.0. The molecule has 4 radical (unpaired) electrons. The van der Waals surface area contributed by atoms with Gasteiger partial charge in [-0.2, -0.15) is 5.10 Å². The largest absolute Gasteiger partial charge is 0.334 e. The van der Waals surface area contributed by atoms with Gasteiger partial charge in [-0.25, -0.2) is 14.6 Å². The van der Waals surface area contributed by atoms with Gasteiger partial charge in [0.15, 0.2) is 0 Å². The Kier molecular flexibility index (Phi) is 7.13. The fourth-order valence-corrected chi connectivity index (χ4v) is 4.67. The lowest BCUT2D eigenvalue weighted by Crippen LogP contribution is -2.35. The standard InChI is InChI=1S/C28H25B2ClN6O/c1-18-8-11-25-24(14-18)34-27(28(29,30)13-12-20-6-4-3-5-7-20)36(25)16-33-26(38)22-10-9-21(15-23(22)31)37-17-32-19(2)35-37/h3-11,14-15,17H,12-13,16H2,1-2H3,(H,33,38). The quantitative estimate of drug-likeness (QED) is 0.309. The van der Waals surface area contributed by atoms with Crippen LogP contribution in [0.15, 0.2) is 73.1 Å². The van der Waals surface area contributed by atoms with Crippen LogP contribution in [-0.4, -0.2) is 45.9 Å². The molecule has 1 amide bonds. The molecule has 2 aromatic heterocycles. The Labute approximate surface area is 229 Å². The third-order valence-electron chi connectivity index (χ3n) is 6.46. The molecular weight excluding hydrogens is 493 g/mol. The van der Waals surface area contributed by atoms with Crippen LogP contribution in [0.1, 0.15) is 39.6 Å². The van der Waals surface area contributed by atoms with E-state index in [9.17, 15) is 4.79 Å². The number of hydrogen-bond donors (Lipinski definition) is 1. The van der Waals surface area contributed by atoms with Crippen molar-refractivity contribution in [3.63, 3.8) is 0 Å². The Hall–Kier alpha value is -3.84. The normalized spacial score (nSPS) is 11.7. The summed E-state index contributed by atoms with van der Waals surface area (Å²) in [6.45, 7) is 3.92. The highest BCUT2D eigenvalue weighted by Gasteiger charge is 2.27. The first-order valence-corrected chi connectivity index (χ1v) is 12.6. The average Bonchev–Trinajstić information content (AvgIpc) is 3.50. The molecule has 0 fully saturated rings. The predicted octanol–water partition coefficient (Wildman–Crippen LogP) is 4.40. The number of hydrogen-bond acceptors (Lipinski definition) is 4. The van der Waals surface area contributed by atoms with Crippen molar-refractivity contribution >= 4 is 44.2 Å². The zero-order chi connectivity index (χ0) is 26.9. The molecule has 5 rings (SSSR count). The Morgan fingerprint density at radius 2 is 1.84 bits per heavy atom. The van der Waals surface area contributed by atoms with Crippen LogP contribution >= 0.6 is 11.6 Å². The number of carbonyl (C=O) groups excluding carboxylic acids is 1. The lowest BCUT2D eigenvalue weighted by atomic mass is 9.51. The topological polar surface area (TPSA) is 77.6 Å². The molecule has 0 aliphatic heterocycles. The molecule has 0 atom stereocenters. The van der Waals surface area contributed by atoms with E-state index in [1.807, 2.05) is 60.0 Å². The van der Waals surface area contributed by atoms with Gasteiger partial charge in [-0.15, -0.1) is 0 Å². The first-order chi connectivity index (χ1) is 18.2. The van der Waals surface area contributed by atoms with Gasteiger partial charge >= 0.3 is 0 Å². The number of carbonyl (C=O) groups is 1. The van der Waals surface area contributed by atoms with Crippen LogP contribution in [0.25, 0.3) is 16.7 Å². The highest BCUT2D eigenvalue weighted by Crippen LogP contribution is 2.28. The van der Waals surface area contributed by atoms with E-state index in [4.69, 9.17) is 32.3 Å². The van der Waals surface area contributed by atoms with Crippen LogP contribution in [-0.2, 0) is 18.3 Å². The minimum Gasteiger partial charge on any atom is -0.334 e. The summed E-state index contributed by atoms with van der Waals surface area (Å²) < 4.78 is 3.46. The van der Waals surface area contributed by atoms with Crippen molar-refractivity contribution in [2.24, 2.45) is 0 Å². The summed E-state index contributed by atoms with van der Waals surface area (Å²) >= 11 is 6.48. The van der Waals surface area contributed by atoms with Crippen LogP contribution in [0, 0.1) is 13.8 Å². The van der Waals surface area contributed by atoms with Crippen LogP contribution in [0.5, 0.6) is 0 Å². The van der Waals surface area contributed by atoms with Crippen molar-refractivity contribution in [3.05, 3.63) is 106 Å². The van der Waals surface area contributed by atoms with Crippen molar-refractivity contribution in [1.29, 1.82) is 0 Å². The van der Waals surface area contributed by atoms with Crippen LogP contribution in [0.4, 0.5) is 0 Å². The van der Waals surface area contributed by atoms with E-state index in [2.05, 4.69) is 15.4 Å². The molecular formula is C28H25B2ClN6O. The van der Waals surface area contributed by atoms with Crippen LogP contribution < -0.4 is 5.32 Å². The smallest absolute Gasteiger partial charge is 0.254 e. The molecule has 186 valence electrons. The molecule has 1 N–H and O–H groups in total. The van der Waals surface area contributed by atoms with E-state index in [-0.39, 0.29) is 12.6 Å². The van der Waals surface area contributed by atoms with Gasteiger partial charge < -0.3 is 9.88 Å². The van der Waals surface area contributed by atoms with Gasteiger partial charge in [-0.1, -0.05) is 54.4 Å². The van der Waals surface area contributed by atoms with E-state index >= 15 is 0 Å². The maximum absolute atomic E-state index is 13.1. The molecule has 10 heteroatoms. The number of benzene rings is 3. The van der Waals surface area contributed by atoms with Crippen molar-refractivity contribution in [1.82, 2.24) is 29.6 Å². The maximum atomic E-state index is 13.1. The van der Waals surface area contributed by atoms with Gasteiger partial charge in [-0.3, -0.25) is 4.79 Å². The van der Waals surface area contributed by atoms with Crippen molar-refractivity contribution in [2.75, 3.05) is 0 Å². The maximum Gasteiger partial charge on any atom is 0.254 e. The fraction of sp³-hybridized carbons (Fsp3) is 0.214. The van der Waals surface area contributed by atoms with Gasteiger partial charge in [-0.05, 0) is 66.9 Å². The summed E-state index contributed by atoms with van der Waals surface area (Å²) in [4.78, 5) is 22.1. The Morgan fingerprint density at radius 1 is 1.05 bits per heavy atom. The zero-order valence-electron chi connectivity index (χ0n) is 21.2. The van der Waals surface area contributed by atoms with Gasteiger partial charge in [0, 0.05) is 0 Å². The van der Waals surface area contributed by atoms with Crippen molar-refractivity contribution < 1.29 is 4.79 Å². The minimum absolute atomic E-state index is 0.121. The predicted molar refractivity (Wildman–Crippen MR) is 151 cm³/mol. The first kappa shape index (κ1) is 25.8. The number of aromatic nitrogens is 5. The van der Waals surface area contributed by atoms with E-state index in [0.29, 0.717) is 40.8 Å². The van der Waals surface area contributed by atoms with Crippen LogP contribution in [0.2, 0.25) is 5.02 Å². The fourth-order valence-electron chi connectivity index (χ4n) is 4.41. The average molecular weight is 519 g/mol. The summed E-state index contributed by atoms with van der Waals surface area (Å²) in [5, 5.41) is 6.31. The number of halogens is 1. The first-order valence-electron chi connectivity index (χ1n) is 12.3. The van der Waals surface area contributed by atoms with E-state index < -0.39 is 5.21 Å². The number of imidazole rings is 1.